The second kappa shape index (κ2) is 24.6. The van der Waals surface area contributed by atoms with Crippen molar-refractivity contribution >= 4 is 53.2 Å². The zero-order valence-electron chi connectivity index (χ0n) is 33.5. The van der Waals surface area contributed by atoms with Crippen LogP contribution in [-0.2, 0) is 43.2 Å². The van der Waals surface area contributed by atoms with Gasteiger partial charge in [0.15, 0.2) is 0 Å². The van der Waals surface area contributed by atoms with Gasteiger partial charge in [0.05, 0.1) is 19.3 Å². The summed E-state index contributed by atoms with van der Waals surface area (Å²) in [5.41, 5.74) is 11.3. The quantitative estimate of drug-likeness (QED) is 0.0406. The minimum Gasteiger partial charge on any atom is -0.480 e. The number of hydrogen-bond acceptors (Lipinski definition) is 13. The first-order valence-corrected chi connectivity index (χ1v) is 19.1. The number of carbonyl (C=O) groups excluding carboxylic acids is 8. The largest absolute Gasteiger partial charge is 0.480 e. The van der Waals surface area contributed by atoms with E-state index >= 15 is 0 Å². The molecule has 1 saturated heterocycles. The molecule has 0 aromatic heterocycles. The molecule has 22 nitrogen and oxygen atoms in total. The molecule has 0 aromatic carbocycles. The number of carboxylic acid groups (broad SMARTS) is 1. The lowest BCUT2D eigenvalue weighted by atomic mass is 9.97. The van der Waals surface area contributed by atoms with Gasteiger partial charge in [0.25, 0.3) is 0 Å². The van der Waals surface area contributed by atoms with Gasteiger partial charge >= 0.3 is 5.97 Å². The molecule has 22 heteroatoms. The van der Waals surface area contributed by atoms with E-state index in [1.807, 2.05) is 0 Å². The smallest absolute Gasteiger partial charge is 0.328 e. The molecule has 0 aliphatic carbocycles. The first-order valence-electron chi connectivity index (χ1n) is 19.1. The van der Waals surface area contributed by atoms with Crippen LogP contribution in [-0.4, -0.2) is 154 Å². The third-order valence-corrected chi connectivity index (χ3v) is 9.47. The van der Waals surface area contributed by atoms with E-state index in [0.717, 1.165) is 0 Å². The van der Waals surface area contributed by atoms with E-state index in [2.05, 4.69) is 37.2 Å². The van der Waals surface area contributed by atoms with Gasteiger partial charge in [-0.3, -0.25) is 38.4 Å². The van der Waals surface area contributed by atoms with Gasteiger partial charge in [-0.1, -0.05) is 20.3 Å². The second-order valence-electron chi connectivity index (χ2n) is 14.2. The molecule has 0 saturated carbocycles. The Bertz CT molecular complexity index is 1430. The fourth-order valence-electron chi connectivity index (χ4n) is 5.68. The SMILES string of the molecule is CC[C@H](C)[C@H](NC(=O)[C@H](CO)NC(=O)[C@@H](C)NC(=O)[C@H](C)NC(=O)[C@@H]1CCCN1C(=O)[C@H](C)N)C(=O)N[C@@H](CCCCN)C(=O)N[C@@H](C)C(=O)N[C@@H](CO)C(=O)O. The molecular formula is C35H62N10O12. The zero-order chi connectivity index (χ0) is 43.6. The topological polar surface area (TPSA) is 354 Å². The molecule has 0 aromatic rings. The fourth-order valence-corrected chi connectivity index (χ4v) is 5.68. The van der Waals surface area contributed by atoms with Crippen molar-refractivity contribution in [3.05, 3.63) is 0 Å². The van der Waals surface area contributed by atoms with Gasteiger partial charge in [-0.2, -0.15) is 0 Å². The van der Waals surface area contributed by atoms with E-state index in [0.29, 0.717) is 38.6 Å². The van der Waals surface area contributed by atoms with Crippen molar-refractivity contribution in [2.24, 2.45) is 17.4 Å². The van der Waals surface area contributed by atoms with Crippen LogP contribution in [0.2, 0.25) is 0 Å². The van der Waals surface area contributed by atoms with Gasteiger partial charge in [0.1, 0.15) is 48.3 Å². The Morgan fingerprint density at radius 2 is 1.16 bits per heavy atom. The summed E-state index contributed by atoms with van der Waals surface area (Å²) in [6.45, 7) is 7.70. The number of rotatable bonds is 24. The molecule has 0 radical (unpaired) electrons. The number of amides is 8. The van der Waals surface area contributed by atoms with Gasteiger partial charge in [0, 0.05) is 6.54 Å². The highest BCUT2D eigenvalue weighted by Crippen LogP contribution is 2.18. The molecule has 0 spiro atoms. The summed E-state index contributed by atoms with van der Waals surface area (Å²) in [4.78, 5) is 116. The first-order chi connectivity index (χ1) is 26.7. The summed E-state index contributed by atoms with van der Waals surface area (Å²) in [7, 11) is 0. The third-order valence-electron chi connectivity index (χ3n) is 9.47. The van der Waals surface area contributed by atoms with Crippen LogP contribution in [0.1, 0.15) is 80.1 Å². The van der Waals surface area contributed by atoms with Crippen molar-refractivity contribution in [3.63, 3.8) is 0 Å². The van der Waals surface area contributed by atoms with Crippen LogP contribution in [0.4, 0.5) is 0 Å². The van der Waals surface area contributed by atoms with Crippen LogP contribution in [0.15, 0.2) is 0 Å². The molecule has 57 heavy (non-hydrogen) atoms. The third kappa shape index (κ3) is 15.9. The van der Waals surface area contributed by atoms with Crippen LogP contribution in [0.25, 0.3) is 0 Å². The van der Waals surface area contributed by atoms with Crippen LogP contribution in [0.5, 0.6) is 0 Å². The molecule has 1 aliphatic heterocycles. The average molecular weight is 815 g/mol. The Balaban J connectivity index is 2.96. The number of unbranched alkanes of at least 4 members (excludes halogenated alkanes) is 1. The van der Waals surface area contributed by atoms with Crippen molar-refractivity contribution in [1.29, 1.82) is 0 Å². The Labute approximate surface area is 331 Å². The minimum absolute atomic E-state index is 0.0756. The number of nitrogens with zero attached hydrogens (tertiary/aromatic N) is 1. The van der Waals surface area contributed by atoms with E-state index in [4.69, 9.17) is 16.6 Å². The number of carboxylic acids is 1. The molecular weight excluding hydrogens is 752 g/mol. The molecule has 8 amide bonds. The molecule has 0 unspecified atom stereocenters. The van der Waals surface area contributed by atoms with Crippen LogP contribution in [0, 0.1) is 5.92 Å². The molecule has 14 N–H and O–H groups in total. The van der Waals surface area contributed by atoms with Gasteiger partial charge in [-0.15, -0.1) is 0 Å². The van der Waals surface area contributed by atoms with Crippen molar-refractivity contribution in [2.75, 3.05) is 26.3 Å². The number of aliphatic hydroxyl groups is 2. The van der Waals surface area contributed by atoms with E-state index in [-0.39, 0.29) is 13.0 Å². The number of aliphatic carboxylic acids is 1. The van der Waals surface area contributed by atoms with E-state index in [9.17, 15) is 53.4 Å². The lowest BCUT2D eigenvalue weighted by Gasteiger charge is -2.29. The summed E-state index contributed by atoms with van der Waals surface area (Å²) in [5.74, 6) is -8.06. The Hall–Kier alpha value is -4.93. The number of aliphatic hydroxyl groups excluding tert-OH is 2. The zero-order valence-corrected chi connectivity index (χ0v) is 33.5. The standard InChI is InChI=1S/C35H62N10O12/c1-7-17(2)26(33(54)41-22(11-8-9-13-36)30(51)39-21(6)29(50)43-24(16-47)35(56)57)44-31(52)23(15-46)42-28(49)20(5)38-27(48)19(4)40-32(53)25-12-10-14-45(25)34(55)18(3)37/h17-26,46-47H,7-16,36-37H2,1-6H3,(H,38,48)(H,39,51)(H,40,53)(H,41,54)(H,42,49)(H,43,50)(H,44,52)(H,56,57)/t17-,18-,19-,20+,21-,22-,23-,24-,25-,26-/m0/s1. The Kier molecular flexibility index (Phi) is 21.7. The number of likely N-dealkylation sites (tertiary alicyclic amines) is 1. The van der Waals surface area contributed by atoms with Crippen LogP contribution < -0.4 is 48.7 Å². The summed E-state index contributed by atoms with van der Waals surface area (Å²) in [6.07, 6.45) is 2.27. The summed E-state index contributed by atoms with van der Waals surface area (Å²) in [5, 5.41) is 45.2. The predicted molar refractivity (Wildman–Crippen MR) is 203 cm³/mol. The van der Waals surface area contributed by atoms with Gasteiger partial charge in [-0.05, 0) is 72.3 Å². The highest BCUT2D eigenvalue weighted by Gasteiger charge is 2.37. The monoisotopic (exact) mass is 814 g/mol. The molecule has 1 rings (SSSR count). The van der Waals surface area contributed by atoms with E-state index in [1.165, 1.54) is 32.6 Å². The molecule has 1 aliphatic rings. The van der Waals surface area contributed by atoms with Crippen molar-refractivity contribution in [1.82, 2.24) is 42.1 Å². The highest BCUT2D eigenvalue weighted by atomic mass is 16.4. The van der Waals surface area contributed by atoms with Crippen molar-refractivity contribution < 1.29 is 58.5 Å². The van der Waals surface area contributed by atoms with Crippen LogP contribution >= 0.6 is 0 Å². The maximum atomic E-state index is 13.6. The molecule has 324 valence electrons. The maximum absolute atomic E-state index is 13.6. The summed E-state index contributed by atoms with van der Waals surface area (Å²) < 4.78 is 0. The van der Waals surface area contributed by atoms with Crippen molar-refractivity contribution in [2.45, 2.75) is 134 Å². The highest BCUT2D eigenvalue weighted by molar-refractivity contribution is 5.98. The molecule has 10 atom stereocenters. The first kappa shape index (κ1) is 50.1. The average Bonchev–Trinajstić information content (AvgIpc) is 3.66. The van der Waals surface area contributed by atoms with E-state index in [1.54, 1.807) is 13.8 Å². The van der Waals surface area contributed by atoms with Gasteiger partial charge in [-0.25, -0.2) is 4.79 Å². The normalized spacial score (nSPS) is 18.5. The molecule has 1 heterocycles. The lowest BCUT2D eigenvalue weighted by Crippen LogP contribution is -2.61. The molecule has 0 bridgehead atoms. The predicted octanol–water partition coefficient (Wildman–Crippen LogP) is -4.98. The minimum atomic E-state index is -1.61. The number of carbonyl (C=O) groups is 9. The van der Waals surface area contributed by atoms with Crippen molar-refractivity contribution in [3.8, 4) is 0 Å². The van der Waals surface area contributed by atoms with Gasteiger partial charge in [0.2, 0.25) is 47.3 Å². The van der Waals surface area contributed by atoms with Crippen LogP contribution in [0.3, 0.4) is 0 Å². The molecule has 1 fully saturated rings. The number of nitrogens with two attached hydrogens (primary N) is 2. The maximum Gasteiger partial charge on any atom is 0.328 e. The number of hydrogen-bond donors (Lipinski definition) is 12. The lowest BCUT2D eigenvalue weighted by molar-refractivity contribution is -0.143. The Morgan fingerprint density at radius 1 is 0.667 bits per heavy atom. The van der Waals surface area contributed by atoms with Gasteiger partial charge < -0.3 is 68.9 Å². The number of nitrogens with one attached hydrogen (secondary N) is 7. The Morgan fingerprint density at radius 3 is 1.67 bits per heavy atom. The fraction of sp³-hybridized carbons (Fsp3) is 0.743. The summed E-state index contributed by atoms with van der Waals surface area (Å²) in [6, 6.07) is -11.0. The van der Waals surface area contributed by atoms with E-state index < -0.39 is 127 Å². The second-order valence-corrected chi connectivity index (χ2v) is 14.2. The summed E-state index contributed by atoms with van der Waals surface area (Å²) >= 11 is 0.